The summed E-state index contributed by atoms with van der Waals surface area (Å²) in [7, 11) is 4.70. The SMILES string of the molecule is COc1ccc([C@@H]2CC(=O)Nc3c2c(C)nn3-c2ccc3nnc(C)n3n2)c(OC)c1OC. The third-order valence-corrected chi connectivity index (χ3v) is 5.83. The standard InChI is InChI=1S/C22H23N7O4/c1-11-19-14(13-6-7-15(31-3)21(33-5)20(13)32-4)10-18(30)23-22(19)29(26-11)17-9-8-16-25-24-12(2)28(16)27-17/h6-9,14H,10H2,1-5H3,(H,23,30)/t14-/m0/s1. The van der Waals surface area contributed by atoms with Crippen molar-refractivity contribution in [2.24, 2.45) is 0 Å². The minimum absolute atomic E-state index is 0.132. The monoisotopic (exact) mass is 449 g/mol. The van der Waals surface area contributed by atoms with Crippen molar-refractivity contribution in [3.63, 3.8) is 0 Å². The molecular weight excluding hydrogens is 426 g/mol. The largest absolute Gasteiger partial charge is 0.493 e. The number of nitrogens with one attached hydrogen (secondary N) is 1. The van der Waals surface area contributed by atoms with Crippen molar-refractivity contribution in [2.75, 3.05) is 26.6 Å². The lowest BCUT2D eigenvalue weighted by atomic mass is 9.85. The molecule has 4 heterocycles. The van der Waals surface area contributed by atoms with Gasteiger partial charge < -0.3 is 19.5 Å². The highest BCUT2D eigenvalue weighted by molar-refractivity contribution is 5.95. The van der Waals surface area contributed by atoms with Crippen molar-refractivity contribution >= 4 is 17.4 Å². The van der Waals surface area contributed by atoms with Crippen molar-refractivity contribution in [3.05, 3.63) is 46.9 Å². The van der Waals surface area contributed by atoms with Gasteiger partial charge >= 0.3 is 0 Å². The van der Waals surface area contributed by atoms with Crippen LogP contribution >= 0.6 is 0 Å². The van der Waals surface area contributed by atoms with Gasteiger partial charge in [0.05, 0.1) is 27.0 Å². The summed E-state index contributed by atoms with van der Waals surface area (Å²) in [4.78, 5) is 12.8. The van der Waals surface area contributed by atoms with Crippen LogP contribution in [0, 0.1) is 13.8 Å². The molecule has 0 bridgehead atoms. The Morgan fingerprint density at radius 1 is 0.970 bits per heavy atom. The Labute approximate surface area is 189 Å². The number of carbonyl (C=O) groups is 1. The molecule has 0 unspecified atom stereocenters. The van der Waals surface area contributed by atoms with E-state index in [4.69, 9.17) is 19.3 Å². The van der Waals surface area contributed by atoms with Gasteiger partial charge in [0, 0.05) is 23.5 Å². The van der Waals surface area contributed by atoms with Gasteiger partial charge in [-0.1, -0.05) is 6.07 Å². The van der Waals surface area contributed by atoms with Crippen LogP contribution in [0.3, 0.4) is 0 Å². The van der Waals surface area contributed by atoms with Gasteiger partial charge in [-0.2, -0.15) is 14.3 Å². The first kappa shape index (κ1) is 20.7. The Morgan fingerprint density at radius 2 is 1.76 bits per heavy atom. The average Bonchev–Trinajstić information content (AvgIpc) is 3.36. The molecule has 1 aliphatic heterocycles. The molecule has 170 valence electrons. The van der Waals surface area contributed by atoms with Gasteiger partial charge in [-0.15, -0.1) is 15.3 Å². The number of nitrogens with zero attached hydrogens (tertiary/aromatic N) is 6. The van der Waals surface area contributed by atoms with E-state index in [2.05, 4.69) is 20.6 Å². The first-order valence-corrected chi connectivity index (χ1v) is 10.3. The summed E-state index contributed by atoms with van der Waals surface area (Å²) in [6.07, 6.45) is 0.238. The fourth-order valence-electron chi connectivity index (χ4n) is 4.38. The number of hydrogen-bond donors (Lipinski definition) is 1. The van der Waals surface area contributed by atoms with E-state index >= 15 is 0 Å². The molecule has 0 saturated carbocycles. The van der Waals surface area contributed by atoms with E-state index in [0.717, 1.165) is 16.8 Å². The Bertz CT molecular complexity index is 1390. The summed E-state index contributed by atoms with van der Waals surface area (Å²) in [6.45, 7) is 3.73. The van der Waals surface area contributed by atoms with Crippen LogP contribution < -0.4 is 19.5 Å². The van der Waals surface area contributed by atoms with Crippen LogP contribution in [0.5, 0.6) is 17.2 Å². The van der Waals surface area contributed by atoms with Crippen molar-refractivity contribution in [3.8, 4) is 23.1 Å². The second-order valence-corrected chi connectivity index (χ2v) is 7.70. The van der Waals surface area contributed by atoms with Gasteiger partial charge in [-0.25, -0.2) is 0 Å². The summed E-state index contributed by atoms with van der Waals surface area (Å²) in [5.74, 6) is 2.89. The number of carbonyl (C=O) groups excluding carboxylic acids is 1. The van der Waals surface area contributed by atoms with Crippen molar-refractivity contribution in [1.29, 1.82) is 0 Å². The van der Waals surface area contributed by atoms with Crippen molar-refractivity contribution in [2.45, 2.75) is 26.2 Å². The second-order valence-electron chi connectivity index (χ2n) is 7.70. The van der Waals surface area contributed by atoms with Gasteiger partial charge in [0.25, 0.3) is 0 Å². The molecular formula is C22H23N7O4. The molecule has 33 heavy (non-hydrogen) atoms. The van der Waals surface area contributed by atoms with Crippen molar-refractivity contribution in [1.82, 2.24) is 29.6 Å². The van der Waals surface area contributed by atoms with Gasteiger partial charge in [-0.3, -0.25) is 4.79 Å². The molecule has 5 rings (SSSR count). The normalized spacial score (nSPS) is 15.3. The van der Waals surface area contributed by atoms with E-state index in [1.807, 2.05) is 32.0 Å². The highest BCUT2D eigenvalue weighted by Crippen LogP contribution is 2.48. The average molecular weight is 449 g/mol. The number of ether oxygens (including phenoxy) is 3. The number of aryl methyl sites for hydroxylation is 2. The van der Waals surface area contributed by atoms with Gasteiger partial charge in [0.1, 0.15) is 5.82 Å². The molecule has 1 aromatic carbocycles. The van der Waals surface area contributed by atoms with Crippen LogP contribution in [0.2, 0.25) is 0 Å². The van der Waals surface area contributed by atoms with Crippen LogP contribution in [-0.4, -0.2) is 56.8 Å². The predicted octanol–water partition coefficient (Wildman–Crippen LogP) is 2.43. The third kappa shape index (κ3) is 3.15. The van der Waals surface area contributed by atoms with Crippen LogP contribution in [0.25, 0.3) is 11.5 Å². The first-order chi connectivity index (χ1) is 16.0. The zero-order valence-electron chi connectivity index (χ0n) is 18.9. The fourth-order valence-corrected chi connectivity index (χ4v) is 4.38. The smallest absolute Gasteiger partial charge is 0.226 e. The number of aromatic nitrogens is 6. The molecule has 11 heteroatoms. The third-order valence-electron chi connectivity index (χ3n) is 5.83. The lowest BCUT2D eigenvalue weighted by Crippen LogP contribution is -2.25. The van der Waals surface area contributed by atoms with Gasteiger partial charge in [0.2, 0.25) is 11.7 Å². The molecule has 11 nitrogen and oxygen atoms in total. The van der Waals surface area contributed by atoms with Gasteiger partial charge in [-0.05, 0) is 32.0 Å². The topological polar surface area (TPSA) is 118 Å². The van der Waals surface area contributed by atoms with Crippen LogP contribution in [0.4, 0.5) is 5.82 Å². The quantitative estimate of drug-likeness (QED) is 0.494. The number of benzene rings is 1. The Kier molecular flexibility index (Phi) is 4.88. The first-order valence-electron chi connectivity index (χ1n) is 10.3. The summed E-state index contributed by atoms with van der Waals surface area (Å²) in [6, 6.07) is 7.32. The molecule has 0 fully saturated rings. The van der Waals surface area contributed by atoms with Gasteiger partial charge in [0.15, 0.2) is 28.8 Å². The molecule has 1 amide bonds. The number of hydrogen-bond acceptors (Lipinski definition) is 8. The number of methoxy groups -OCH3 is 3. The zero-order valence-corrected chi connectivity index (χ0v) is 18.9. The molecule has 4 aromatic rings. The molecule has 1 atom stereocenters. The Hall–Kier alpha value is -4.15. The minimum Gasteiger partial charge on any atom is -0.493 e. The summed E-state index contributed by atoms with van der Waals surface area (Å²) in [5, 5.41) is 20.4. The number of fused-ring (bicyclic) bond motifs is 2. The molecule has 3 aromatic heterocycles. The predicted molar refractivity (Wildman–Crippen MR) is 119 cm³/mol. The molecule has 0 saturated heterocycles. The van der Waals surface area contributed by atoms with E-state index < -0.39 is 0 Å². The van der Waals surface area contributed by atoms with E-state index in [1.54, 1.807) is 36.6 Å². The maximum Gasteiger partial charge on any atom is 0.226 e. The number of anilines is 1. The second kappa shape index (κ2) is 7.76. The Balaban J connectivity index is 1.69. The highest BCUT2D eigenvalue weighted by Gasteiger charge is 2.35. The van der Waals surface area contributed by atoms with E-state index in [-0.39, 0.29) is 18.2 Å². The lowest BCUT2D eigenvalue weighted by Gasteiger charge is -2.26. The minimum atomic E-state index is -0.294. The summed E-state index contributed by atoms with van der Waals surface area (Å²) < 4.78 is 20.0. The number of amides is 1. The molecule has 0 spiro atoms. The van der Waals surface area contributed by atoms with E-state index in [0.29, 0.717) is 40.4 Å². The van der Waals surface area contributed by atoms with Crippen LogP contribution in [-0.2, 0) is 4.79 Å². The molecule has 0 aliphatic carbocycles. The van der Waals surface area contributed by atoms with Crippen LogP contribution in [0.1, 0.15) is 35.0 Å². The number of rotatable bonds is 5. The molecule has 0 radical (unpaired) electrons. The Morgan fingerprint density at radius 3 is 2.48 bits per heavy atom. The van der Waals surface area contributed by atoms with E-state index in [1.165, 1.54) is 0 Å². The summed E-state index contributed by atoms with van der Waals surface area (Å²) in [5.41, 5.74) is 3.11. The molecule has 1 N–H and O–H groups in total. The summed E-state index contributed by atoms with van der Waals surface area (Å²) >= 11 is 0. The van der Waals surface area contributed by atoms with Crippen LogP contribution in [0.15, 0.2) is 24.3 Å². The zero-order chi connectivity index (χ0) is 23.3. The molecule has 1 aliphatic rings. The van der Waals surface area contributed by atoms with E-state index in [9.17, 15) is 4.79 Å². The highest BCUT2D eigenvalue weighted by atomic mass is 16.5. The lowest BCUT2D eigenvalue weighted by molar-refractivity contribution is -0.116. The maximum absolute atomic E-state index is 12.8. The maximum atomic E-state index is 12.8. The fraction of sp³-hybridized carbons (Fsp3) is 0.318. The van der Waals surface area contributed by atoms with Crippen molar-refractivity contribution < 1.29 is 19.0 Å².